The van der Waals surface area contributed by atoms with Gasteiger partial charge in [0.15, 0.2) is 11.5 Å². The lowest BCUT2D eigenvalue weighted by Gasteiger charge is -2.23. The van der Waals surface area contributed by atoms with Crippen molar-refractivity contribution in [2.75, 3.05) is 32.3 Å². The smallest absolute Gasteiger partial charge is 0.225 e. The van der Waals surface area contributed by atoms with E-state index in [4.69, 9.17) is 9.47 Å². The molecule has 1 rings (SSSR count). The molecule has 130 valence electrons. The first-order valence-electron chi connectivity index (χ1n) is 7.17. The largest absolute Gasteiger partial charge is 0.493 e. The Kier molecular flexibility index (Phi) is 6.83. The van der Waals surface area contributed by atoms with Crippen molar-refractivity contribution >= 4 is 21.6 Å². The van der Waals surface area contributed by atoms with Crippen molar-refractivity contribution in [3.05, 3.63) is 18.2 Å². The predicted octanol–water partition coefficient (Wildman–Crippen LogP) is 1.70. The van der Waals surface area contributed by atoms with E-state index in [0.717, 1.165) is 6.26 Å². The number of benzene rings is 1. The number of amides is 1. The van der Waals surface area contributed by atoms with E-state index in [1.54, 1.807) is 32.0 Å². The first-order valence-corrected chi connectivity index (χ1v) is 9.02. The van der Waals surface area contributed by atoms with Crippen LogP contribution in [0.1, 0.15) is 20.3 Å². The Morgan fingerprint density at radius 3 is 2.30 bits per heavy atom. The van der Waals surface area contributed by atoms with Crippen LogP contribution in [0.25, 0.3) is 0 Å². The summed E-state index contributed by atoms with van der Waals surface area (Å²) in [4.78, 5) is 12.0. The molecule has 0 bridgehead atoms. The minimum absolute atomic E-state index is 0.0690. The average molecular weight is 344 g/mol. The van der Waals surface area contributed by atoms with Crippen LogP contribution in [0, 0.1) is 0 Å². The number of sulfonamides is 1. The van der Waals surface area contributed by atoms with E-state index in [1.165, 1.54) is 18.5 Å². The second kappa shape index (κ2) is 8.16. The maximum absolute atomic E-state index is 12.0. The van der Waals surface area contributed by atoms with Crippen molar-refractivity contribution in [2.24, 2.45) is 0 Å². The molecule has 0 aliphatic rings. The maximum atomic E-state index is 12.0. The van der Waals surface area contributed by atoms with Crippen LogP contribution in [0.2, 0.25) is 0 Å². The normalized spacial score (nSPS) is 11.6. The number of anilines is 1. The SMILES string of the molecule is COc1ccc(NC(=O)CCN(C(C)C)S(C)(=O)=O)cc1OC. The van der Waals surface area contributed by atoms with E-state index in [1.807, 2.05) is 0 Å². The number of carbonyl (C=O) groups excluding carboxylic acids is 1. The molecule has 7 nitrogen and oxygen atoms in total. The number of ether oxygens (including phenoxy) is 2. The summed E-state index contributed by atoms with van der Waals surface area (Å²) in [7, 11) is -0.296. The lowest BCUT2D eigenvalue weighted by atomic mass is 10.2. The lowest BCUT2D eigenvalue weighted by Crippen LogP contribution is -2.38. The van der Waals surface area contributed by atoms with Crippen LogP contribution in [0.15, 0.2) is 18.2 Å². The maximum Gasteiger partial charge on any atom is 0.225 e. The Hall–Kier alpha value is -1.80. The van der Waals surface area contributed by atoms with Gasteiger partial charge in [-0.05, 0) is 26.0 Å². The molecule has 1 N–H and O–H groups in total. The number of carbonyl (C=O) groups is 1. The molecule has 0 fully saturated rings. The second-order valence-corrected chi connectivity index (χ2v) is 7.27. The minimum Gasteiger partial charge on any atom is -0.493 e. The van der Waals surface area contributed by atoms with Crippen LogP contribution in [0.5, 0.6) is 11.5 Å². The van der Waals surface area contributed by atoms with Gasteiger partial charge in [0.1, 0.15) is 0 Å². The minimum atomic E-state index is -3.34. The molecule has 0 spiro atoms. The molecule has 0 radical (unpaired) electrons. The average Bonchev–Trinajstić information content (AvgIpc) is 2.45. The third kappa shape index (κ3) is 5.72. The summed E-state index contributed by atoms with van der Waals surface area (Å²) in [5, 5.41) is 2.72. The van der Waals surface area contributed by atoms with Crippen LogP contribution in [-0.4, -0.2) is 51.7 Å². The van der Waals surface area contributed by atoms with Gasteiger partial charge in [-0.1, -0.05) is 0 Å². The summed E-state index contributed by atoms with van der Waals surface area (Å²) in [5.41, 5.74) is 0.558. The summed E-state index contributed by atoms with van der Waals surface area (Å²) in [6.07, 6.45) is 1.21. The zero-order valence-electron chi connectivity index (χ0n) is 14.1. The topological polar surface area (TPSA) is 84.9 Å². The molecule has 23 heavy (non-hydrogen) atoms. The highest BCUT2D eigenvalue weighted by Gasteiger charge is 2.20. The molecule has 0 heterocycles. The van der Waals surface area contributed by atoms with Gasteiger partial charge in [0.25, 0.3) is 0 Å². The fraction of sp³-hybridized carbons (Fsp3) is 0.533. The first-order chi connectivity index (χ1) is 10.7. The second-order valence-electron chi connectivity index (χ2n) is 5.34. The van der Waals surface area contributed by atoms with Gasteiger partial charge in [-0.3, -0.25) is 4.79 Å². The molecule has 0 saturated carbocycles. The van der Waals surface area contributed by atoms with Gasteiger partial charge in [-0.15, -0.1) is 0 Å². The summed E-state index contributed by atoms with van der Waals surface area (Å²) < 4.78 is 34.9. The Bertz CT molecular complexity index is 643. The number of hydrogen-bond donors (Lipinski definition) is 1. The number of hydrogen-bond acceptors (Lipinski definition) is 5. The van der Waals surface area contributed by atoms with Crippen molar-refractivity contribution < 1.29 is 22.7 Å². The van der Waals surface area contributed by atoms with E-state index >= 15 is 0 Å². The van der Waals surface area contributed by atoms with Crippen molar-refractivity contribution in [2.45, 2.75) is 26.3 Å². The molecule has 0 aliphatic heterocycles. The molecule has 0 saturated heterocycles. The molecule has 0 unspecified atom stereocenters. The third-order valence-electron chi connectivity index (χ3n) is 3.23. The van der Waals surface area contributed by atoms with E-state index in [9.17, 15) is 13.2 Å². The van der Waals surface area contributed by atoms with Crippen molar-refractivity contribution in [3.8, 4) is 11.5 Å². The quantitative estimate of drug-likeness (QED) is 0.776. The Morgan fingerprint density at radius 2 is 1.83 bits per heavy atom. The summed E-state index contributed by atoms with van der Waals surface area (Å²) in [6.45, 7) is 3.68. The molecule has 8 heteroatoms. The summed E-state index contributed by atoms with van der Waals surface area (Å²) in [5.74, 6) is 0.797. The fourth-order valence-corrected chi connectivity index (χ4v) is 3.35. The molecular weight excluding hydrogens is 320 g/mol. The summed E-state index contributed by atoms with van der Waals surface area (Å²) in [6, 6.07) is 4.83. The zero-order valence-corrected chi connectivity index (χ0v) is 14.9. The monoisotopic (exact) mass is 344 g/mol. The van der Waals surface area contributed by atoms with Gasteiger partial charge >= 0.3 is 0 Å². The molecule has 1 aromatic rings. The highest BCUT2D eigenvalue weighted by molar-refractivity contribution is 7.88. The van der Waals surface area contributed by atoms with Crippen molar-refractivity contribution in [1.82, 2.24) is 4.31 Å². The highest BCUT2D eigenvalue weighted by atomic mass is 32.2. The van der Waals surface area contributed by atoms with Gasteiger partial charge in [-0.25, -0.2) is 8.42 Å². The number of nitrogens with one attached hydrogen (secondary N) is 1. The van der Waals surface area contributed by atoms with Crippen LogP contribution in [0.4, 0.5) is 5.69 Å². The van der Waals surface area contributed by atoms with Gasteiger partial charge in [0, 0.05) is 30.8 Å². The van der Waals surface area contributed by atoms with Crippen molar-refractivity contribution in [1.29, 1.82) is 0 Å². The zero-order chi connectivity index (χ0) is 17.6. The van der Waals surface area contributed by atoms with Crippen LogP contribution in [-0.2, 0) is 14.8 Å². The highest BCUT2D eigenvalue weighted by Crippen LogP contribution is 2.29. The predicted molar refractivity (Wildman–Crippen MR) is 89.5 cm³/mol. The Morgan fingerprint density at radius 1 is 1.22 bits per heavy atom. The molecule has 0 aliphatic carbocycles. The van der Waals surface area contributed by atoms with Crippen LogP contribution in [0.3, 0.4) is 0 Å². The molecule has 1 amide bonds. The fourth-order valence-electron chi connectivity index (χ4n) is 2.16. The molecule has 0 aromatic heterocycles. The van der Waals surface area contributed by atoms with E-state index in [2.05, 4.69) is 5.32 Å². The van der Waals surface area contributed by atoms with Crippen LogP contribution < -0.4 is 14.8 Å². The number of methoxy groups -OCH3 is 2. The van der Waals surface area contributed by atoms with Crippen molar-refractivity contribution in [3.63, 3.8) is 0 Å². The van der Waals surface area contributed by atoms with Gasteiger partial charge in [0.05, 0.1) is 20.5 Å². The Labute approximate surface area is 137 Å². The van der Waals surface area contributed by atoms with E-state index in [0.29, 0.717) is 17.2 Å². The van der Waals surface area contributed by atoms with Gasteiger partial charge in [-0.2, -0.15) is 4.31 Å². The van der Waals surface area contributed by atoms with Gasteiger partial charge < -0.3 is 14.8 Å². The van der Waals surface area contributed by atoms with Crippen LogP contribution >= 0.6 is 0 Å². The summed E-state index contributed by atoms with van der Waals surface area (Å²) >= 11 is 0. The lowest BCUT2D eigenvalue weighted by molar-refractivity contribution is -0.116. The number of nitrogens with zero attached hydrogens (tertiary/aromatic N) is 1. The molecule has 1 aromatic carbocycles. The first kappa shape index (κ1) is 19.2. The Balaban J connectivity index is 2.70. The standard InChI is InChI=1S/C15H24N2O5S/c1-11(2)17(23(5,19)20)9-8-15(18)16-12-6-7-13(21-3)14(10-12)22-4/h6-7,10-11H,8-9H2,1-5H3,(H,16,18). The van der Waals surface area contributed by atoms with E-state index in [-0.39, 0.29) is 24.9 Å². The van der Waals surface area contributed by atoms with Gasteiger partial charge in [0.2, 0.25) is 15.9 Å². The van der Waals surface area contributed by atoms with E-state index < -0.39 is 10.0 Å². The molecule has 0 atom stereocenters. The third-order valence-corrected chi connectivity index (χ3v) is 4.68. The number of rotatable bonds is 8. The molecular formula is C15H24N2O5S.